The summed E-state index contributed by atoms with van der Waals surface area (Å²) in [7, 11) is 0. The van der Waals surface area contributed by atoms with Crippen molar-refractivity contribution < 1.29 is 0 Å². The SMILES string of the molecule is Cc1ccc2cc(NCCCl)ccc2c1. The van der Waals surface area contributed by atoms with Gasteiger partial charge in [0.15, 0.2) is 0 Å². The van der Waals surface area contributed by atoms with Gasteiger partial charge in [0.25, 0.3) is 0 Å². The number of rotatable bonds is 3. The quantitative estimate of drug-likeness (QED) is 0.775. The van der Waals surface area contributed by atoms with Crippen molar-refractivity contribution in [3.8, 4) is 0 Å². The predicted molar refractivity (Wildman–Crippen MR) is 67.9 cm³/mol. The lowest BCUT2D eigenvalue weighted by Crippen LogP contribution is -2.01. The molecule has 1 nitrogen and oxygen atoms in total. The highest BCUT2D eigenvalue weighted by Crippen LogP contribution is 2.20. The molecule has 0 saturated heterocycles. The van der Waals surface area contributed by atoms with Crippen LogP contribution in [-0.2, 0) is 0 Å². The van der Waals surface area contributed by atoms with E-state index in [0.717, 1.165) is 12.2 Å². The van der Waals surface area contributed by atoms with Crippen LogP contribution in [0.4, 0.5) is 5.69 Å². The normalized spacial score (nSPS) is 10.5. The van der Waals surface area contributed by atoms with Crippen LogP contribution >= 0.6 is 11.6 Å². The number of aryl methyl sites for hydroxylation is 1. The molecule has 0 amide bonds. The van der Waals surface area contributed by atoms with Crippen molar-refractivity contribution >= 4 is 28.1 Å². The first-order valence-corrected chi connectivity index (χ1v) is 5.63. The van der Waals surface area contributed by atoms with Crippen LogP contribution < -0.4 is 5.32 Å². The van der Waals surface area contributed by atoms with Gasteiger partial charge in [-0.25, -0.2) is 0 Å². The first kappa shape index (κ1) is 10.3. The summed E-state index contributed by atoms with van der Waals surface area (Å²) in [5.41, 5.74) is 2.43. The summed E-state index contributed by atoms with van der Waals surface area (Å²) >= 11 is 5.63. The van der Waals surface area contributed by atoms with Crippen molar-refractivity contribution in [1.29, 1.82) is 0 Å². The fourth-order valence-corrected chi connectivity index (χ4v) is 1.76. The first-order valence-electron chi connectivity index (χ1n) is 5.10. The number of halogens is 1. The van der Waals surface area contributed by atoms with Crippen LogP contribution in [0.1, 0.15) is 5.56 Å². The maximum absolute atomic E-state index is 5.63. The highest BCUT2D eigenvalue weighted by atomic mass is 35.5. The smallest absolute Gasteiger partial charge is 0.0396 e. The highest BCUT2D eigenvalue weighted by Gasteiger charge is 1.96. The van der Waals surface area contributed by atoms with Gasteiger partial charge in [0.05, 0.1) is 0 Å². The van der Waals surface area contributed by atoms with E-state index < -0.39 is 0 Å². The fourth-order valence-electron chi connectivity index (χ4n) is 1.67. The zero-order valence-electron chi connectivity index (χ0n) is 8.76. The molecule has 1 N–H and O–H groups in total. The summed E-state index contributed by atoms with van der Waals surface area (Å²) in [6, 6.07) is 12.9. The maximum Gasteiger partial charge on any atom is 0.0396 e. The minimum atomic E-state index is 0.631. The van der Waals surface area contributed by atoms with Gasteiger partial charge in [-0.05, 0) is 29.8 Å². The second-order valence-electron chi connectivity index (χ2n) is 3.68. The molecular weight excluding hydrogens is 206 g/mol. The molecule has 0 bridgehead atoms. The third-order valence-electron chi connectivity index (χ3n) is 2.42. The van der Waals surface area contributed by atoms with E-state index in [2.05, 4.69) is 48.6 Å². The number of fused-ring (bicyclic) bond motifs is 1. The minimum absolute atomic E-state index is 0.631. The van der Waals surface area contributed by atoms with Crippen LogP contribution in [0, 0.1) is 6.92 Å². The molecule has 2 rings (SSSR count). The van der Waals surface area contributed by atoms with E-state index in [1.807, 2.05) is 0 Å². The average molecular weight is 220 g/mol. The van der Waals surface area contributed by atoms with E-state index in [-0.39, 0.29) is 0 Å². The molecule has 0 saturated carbocycles. The molecule has 0 aliphatic rings. The van der Waals surface area contributed by atoms with Gasteiger partial charge >= 0.3 is 0 Å². The van der Waals surface area contributed by atoms with Gasteiger partial charge < -0.3 is 5.32 Å². The minimum Gasteiger partial charge on any atom is -0.384 e. The van der Waals surface area contributed by atoms with Crippen LogP contribution in [0.2, 0.25) is 0 Å². The molecule has 0 aromatic heterocycles. The van der Waals surface area contributed by atoms with Crippen molar-refractivity contribution in [3.05, 3.63) is 42.0 Å². The molecule has 0 aliphatic carbocycles. The number of anilines is 1. The van der Waals surface area contributed by atoms with Gasteiger partial charge in [-0.1, -0.05) is 29.8 Å². The average Bonchev–Trinajstić information content (AvgIpc) is 2.26. The molecule has 0 aliphatic heterocycles. The van der Waals surface area contributed by atoms with Crippen LogP contribution in [0.25, 0.3) is 10.8 Å². The largest absolute Gasteiger partial charge is 0.384 e. The Morgan fingerprint density at radius 2 is 1.80 bits per heavy atom. The molecule has 0 spiro atoms. The molecular formula is C13H14ClN. The summed E-state index contributed by atoms with van der Waals surface area (Å²) in [5.74, 6) is 0.631. The molecule has 0 radical (unpaired) electrons. The zero-order valence-corrected chi connectivity index (χ0v) is 9.51. The number of hydrogen-bond acceptors (Lipinski definition) is 1. The van der Waals surface area contributed by atoms with Crippen molar-refractivity contribution in [2.75, 3.05) is 17.7 Å². The van der Waals surface area contributed by atoms with Gasteiger partial charge in [-0.3, -0.25) is 0 Å². The summed E-state index contributed by atoms with van der Waals surface area (Å²) in [4.78, 5) is 0. The summed E-state index contributed by atoms with van der Waals surface area (Å²) in [6.45, 7) is 2.91. The lowest BCUT2D eigenvalue weighted by atomic mass is 10.1. The second kappa shape index (κ2) is 4.54. The van der Waals surface area contributed by atoms with E-state index in [0.29, 0.717) is 5.88 Å². The molecule has 0 fully saturated rings. The van der Waals surface area contributed by atoms with Gasteiger partial charge in [0.1, 0.15) is 0 Å². The summed E-state index contributed by atoms with van der Waals surface area (Å²) in [6.07, 6.45) is 0. The molecule has 2 heteroatoms. The van der Waals surface area contributed by atoms with Crippen molar-refractivity contribution in [2.24, 2.45) is 0 Å². The van der Waals surface area contributed by atoms with E-state index in [1.165, 1.54) is 16.3 Å². The standard InChI is InChI=1S/C13H14ClN/c1-10-2-3-12-9-13(15-7-6-14)5-4-11(12)8-10/h2-5,8-9,15H,6-7H2,1H3. The van der Waals surface area contributed by atoms with Crippen molar-refractivity contribution in [2.45, 2.75) is 6.92 Å². The molecule has 0 atom stereocenters. The summed E-state index contributed by atoms with van der Waals surface area (Å²) < 4.78 is 0. The Hall–Kier alpha value is -1.21. The highest BCUT2D eigenvalue weighted by molar-refractivity contribution is 6.18. The van der Waals surface area contributed by atoms with Crippen LogP contribution in [0.5, 0.6) is 0 Å². The Morgan fingerprint density at radius 3 is 2.60 bits per heavy atom. The maximum atomic E-state index is 5.63. The van der Waals surface area contributed by atoms with E-state index in [1.54, 1.807) is 0 Å². The third-order valence-corrected chi connectivity index (χ3v) is 2.61. The molecule has 78 valence electrons. The zero-order chi connectivity index (χ0) is 10.7. The van der Waals surface area contributed by atoms with Crippen molar-refractivity contribution in [1.82, 2.24) is 0 Å². The van der Waals surface area contributed by atoms with Gasteiger partial charge in [0.2, 0.25) is 0 Å². The Morgan fingerprint density at radius 1 is 1.07 bits per heavy atom. The molecule has 15 heavy (non-hydrogen) atoms. The Kier molecular flexibility index (Phi) is 3.12. The number of hydrogen-bond donors (Lipinski definition) is 1. The van der Waals surface area contributed by atoms with Gasteiger partial charge in [0, 0.05) is 18.1 Å². The van der Waals surface area contributed by atoms with Crippen LogP contribution in [0.3, 0.4) is 0 Å². The van der Waals surface area contributed by atoms with Crippen molar-refractivity contribution in [3.63, 3.8) is 0 Å². The van der Waals surface area contributed by atoms with Crippen LogP contribution in [-0.4, -0.2) is 12.4 Å². The fraction of sp³-hybridized carbons (Fsp3) is 0.231. The third kappa shape index (κ3) is 2.42. The predicted octanol–water partition coefficient (Wildman–Crippen LogP) is 3.80. The van der Waals surface area contributed by atoms with Gasteiger partial charge in [-0.15, -0.1) is 11.6 Å². The molecule has 0 unspecified atom stereocenters. The number of nitrogens with one attached hydrogen (secondary N) is 1. The van der Waals surface area contributed by atoms with E-state index in [9.17, 15) is 0 Å². The monoisotopic (exact) mass is 219 g/mol. The van der Waals surface area contributed by atoms with E-state index >= 15 is 0 Å². The first-order chi connectivity index (χ1) is 7.29. The Balaban J connectivity index is 2.34. The number of alkyl halides is 1. The topological polar surface area (TPSA) is 12.0 Å². The Labute approximate surface area is 95.1 Å². The number of benzene rings is 2. The Bertz CT molecular complexity index is 465. The van der Waals surface area contributed by atoms with E-state index in [4.69, 9.17) is 11.6 Å². The summed E-state index contributed by atoms with van der Waals surface area (Å²) in [5, 5.41) is 5.82. The lowest BCUT2D eigenvalue weighted by molar-refractivity contribution is 1.22. The van der Waals surface area contributed by atoms with Crippen LogP contribution in [0.15, 0.2) is 36.4 Å². The lowest BCUT2D eigenvalue weighted by Gasteiger charge is -2.06. The van der Waals surface area contributed by atoms with Gasteiger partial charge in [-0.2, -0.15) is 0 Å². The second-order valence-corrected chi connectivity index (χ2v) is 4.06. The molecule has 2 aromatic carbocycles. The molecule has 2 aromatic rings. The molecule has 0 heterocycles.